The lowest BCUT2D eigenvalue weighted by atomic mass is 9.88. The Hall–Kier alpha value is -2.04. The molecule has 1 aromatic rings. The second-order valence-electron chi connectivity index (χ2n) is 5.66. The van der Waals surface area contributed by atoms with Crippen LogP contribution >= 0.6 is 0 Å². The lowest BCUT2D eigenvalue weighted by Crippen LogP contribution is -2.45. The zero-order valence-electron chi connectivity index (χ0n) is 13.1. The van der Waals surface area contributed by atoms with Gasteiger partial charge in [0.25, 0.3) is 0 Å². The predicted octanol–water partition coefficient (Wildman–Crippen LogP) is 2.64. The van der Waals surface area contributed by atoms with E-state index in [4.69, 9.17) is 0 Å². The number of carboxylic acids is 1. The molecule has 0 spiro atoms. The molecular formula is C16H24N2O3. The lowest BCUT2D eigenvalue weighted by molar-refractivity contribution is -0.147. The van der Waals surface area contributed by atoms with Gasteiger partial charge in [-0.2, -0.15) is 0 Å². The number of rotatable bonds is 6. The van der Waals surface area contributed by atoms with E-state index in [9.17, 15) is 14.7 Å². The second kappa shape index (κ2) is 7.11. The standard InChI is InChI=1S/C16H24N2O3/c1-5-16(3,14(19)20)11-17-15(21)18(4)10-13-9-7-6-8-12(13)2/h6-9H,5,10-11H2,1-4H3,(H,17,21)(H,19,20). The number of nitrogens with one attached hydrogen (secondary N) is 1. The molecule has 1 aromatic carbocycles. The fourth-order valence-electron chi connectivity index (χ4n) is 1.87. The molecule has 0 bridgehead atoms. The second-order valence-corrected chi connectivity index (χ2v) is 5.66. The first-order valence-electron chi connectivity index (χ1n) is 7.07. The Kier molecular flexibility index (Phi) is 5.76. The number of aliphatic carboxylic acids is 1. The van der Waals surface area contributed by atoms with Crippen LogP contribution in [0.15, 0.2) is 24.3 Å². The highest BCUT2D eigenvalue weighted by atomic mass is 16.4. The summed E-state index contributed by atoms with van der Waals surface area (Å²) < 4.78 is 0. The van der Waals surface area contributed by atoms with Crippen LogP contribution in [-0.4, -0.2) is 35.6 Å². The first-order valence-corrected chi connectivity index (χ1v) is 7.07. The summed E-state index contributed by atoms with van der Waals surface area (Å²) in [6.07, 6.45) is 0.462. The Labute approximate surface area is 126 Å². The summed E-state index contributed by atoms with van der Waals surface area (Å²) in [5.41, 5.74) is 1.27. The highest BCUT2D eigenvalue weighted by Gasteiger charge is 2.31. The van der Waals surface area contributed by atoms with Crippen molar-refractivity contribution in [3.63, 3.8) is 0 Å². The maximum Gasteiger partial charge on any atom is 0.317 e. The average molecular weight is 292 g/mol. The molecule has 1 unspecified atom stereocenters. The molecule has 0 saturated heterocycles. The van der Waals surface area contributed by atoms with E-state index in [2.05, 4.69) is 5.32 Å². The van der Waals surface area contributed by atoms with E-state index in [-0.39, 0.29) is 12.6 Å². The average Bonchev–Trinajstić information content (AvgIpc) is 2.46. The van der Waals surface area contributed by atoms with Crippen LogP contribution in [0.25, 0.3) is 0 Å². The van der Waals surface area contributed by atoms with Crippen molar-refractivity contribution >= 4 is 12.0 Å². The van der Waals surface area contributed by atoms with E-state index >= 15 is 0 Å². The Bertz CT molecular complexity index is 516. The molecule has 5 nitrogen and oxygen atoms in total. The normalized spacial score (nSPS) is 13.3. The monoisotopic (exact) mass is 292 g/mol. The van der Waals surface area contributed by atoms with E-state index in [0.29, 0.717) is 13.0 Å². The van der Waals surface area contributed by atoms with Gasteiger partial charge >= 0.3 is 12.0 Å². The summed E-state index contributed by atoms with van der Waals surface area (Å²) in [6.45, 7) is 6.05. The molecule has 116 valence electrons. The highest BCUT2D eigenvalue weighted by Crippen LogP contribution is 2.20. The number of aryl methyl sites for hydroxylation is 1. The number of carbonyl (C=O) groups is 2. The Balaban J connectivity index is 2.60. The Morgan fingerprint density at radius 2 is 1.95 bits per heavy atom. The summed E-state index contributed by atoms with van der Waals surface area (Å²) in [4.78, 5) is 24.8. The van der Waals surface area contributed by atoms with Crippen LogP contribution in [0.2, 0.25) is 0 Å². The molecule has 0 aromatic heterocycles. The minimum atomic E-state index is -0.931. The van der Waals surface area contributed by atoms with Crippen molar-refractivity contribution in [2.24, 2.45) is 5.41 Å². The third-order valence-corrected chi connectivity index (χ3v) is 3.94. The number of hydrogen-bond acceptors (Lipinski definition) is 2. The number of nitrogens with zero attached hydrogens (tertiary/aromatic N) is 1. The summed E-state index contributed by atoms with van der Waals surface area (Å²) in [5.74, 6) is -0.896. The van der Waals surface area contributed by atoms with Gasteiger partial charge in [-0.05, 0) is 31.4 Å². The number of carboxylic acid groups (broad SMARTS) is 1. The van der Waals surface area contributed by atoms with Crippen molar-refractivity contribution in [1.29, 1.82) is 0 Å². The smallest absolute Gasteiger partial charge is 0.317 e. The van der Waals surface area contributed by atoms with E-state index in [0.717, 1.165) is 11.1 Å². The maximum atomic E-state index is 12.1. The third kappa shape index (κ3) is 4.48. The van der Waals surface area contributed by atoms with Crippen LogP contribution in [0.1, 0.15) is 31.4 Å². The van der Waals surface area contributed by atoms with Crippen molar-refractivity contribution in [2.75, 3.05) is 13.6 Å². The van der Waals surface area contributed by atoms with Crippen LogP contribution in [0.5, 0.6) is 0 Å². The Morgan fingerprint density at radius 1 is 1.33 bits per heavy atom. The fourth-order valence-corrected chi connectivity index (χ4v) is 1.87. The molecule has 0 aliphatic heterocycles. The number of urea groups is 1. The number of amides is 2. The molecule has 1 rings (SSSR count). The summed E-state index contributed by atoms with van der Waals surface area (Å²) >= 11 is 0. The molecule has 0 fully saturated rings. The number of hydrogen-bond donors (Lipinski definition) is 2. The van der Waals surface area contributed by atoms with E-state index in [1.165, 1.54) is 0 Å². The molecule has 0 saturated carbocycles. The van der Waals surface area contributed by atoms with Gasteiger partial charge in [0.2, 0.25) is 0 Å². The lowest BCUT2D eigenvalue weighted by Gasteiger charge is -2.25. The van der Waals surface area contributed by atoms with Crippen molar-refractivity contribution < 1.29 is 14.7 Å². The molecule has 1 atom stereocenters. The first kappa shape index (κ1) is 17.0. The van der Waals surface area contributed by atoms with E-state index < -0.39 is 11.4 Å². The van der Waals surface area contributed by atoms with Crippen molar-refractivity contribution in [2.45, 2.75) is 33.7 Å². The highest BCUT2D eigenvalue weighted by molar-refractivity contribution is 5.77. The molecule has 0 aliphatic carbocycles. The Morgan fingerprint density at radius 3 is 2.48 bits per heavy atom. The van der Waals surface area contributed by atoms with Crippen molar-refractivity contribution in [3.05, 3.63) is 35.4 Å². The van der Waals surface area contributed by atoms with Crippen molar-refractivity contribution in [1.82, 2.24) is 10.2 Å². The summed E-state index contributed by atoms with van der Waals surface area (Å²) in [5, 5.41) is 11.9. The molecule has 0 aliphatic rings. The minimum absolute atomic E-state index is 0.121. The molecule has 21 heavy (non-hydrogen) atoms. The van der Waals surface area contributed by atoms with Crippen LogP contribution < -0.4 is 5.32 Å². The third-order valence-electron chi connectivity index (χ3n) is 3.94. The number of benzene rings is 1. The van der Waals surface area contributed by atoms with Gasteiger partial charge < -0.3 is 15.3 Å². The van der Waals surface area contributed by atoms with Gasteiger partial charge in [0.05, 0.1) is 5.41 Å². The predicted molar refractivity (Wildman–Crippen MR) is 82.1 cm³/mol. The maximum absolute atomic E-state index is 12.1. The van der Waals surface area contributed by atoms with Gasteiger partial charge in [-0.25, -0.2) is 4.79 Å². The fraction of sp³-hybridized carbons (Fsp3) is 0.500. The van der Waals surface area contributed by atoms with E-state index in [1.54, 1.807) is 25.8 Å². The molecule has 2 N–H and O–H groups in total. The van der Waals surface area contributed by atoms with Crippen LogP contribution in [0, 0.1) is 12.3 Å². The molecule has 0 heterocycles. The minimum Gasteiger partial charge on any atom is -0.481 e. The van der Waals surface area contributed by atoms with Gasteiger partial charge in [-0.1, -0.05) is 31.2 Å². The van der Waals surface area contributed by atoms with E-state index in [1.807, 2.05) is 31.2 Å². The van der Waals surface area contributed by atoms with Gasteiger partial charge in [0, 0.05) is 20.1 Å². The quantitative estimate of drug-likeness (QED) is 0.847. The molecule has 5 heteroatoms. The van der Waals surface area contributed by atoms with Gasteiger partial charge in [0.1, 0.15) is 0 Å². The van der Waals surface area contributed by atoms with Crippen molar-refractivity contribution in [3.8, 4) is 0 Å². The summed E-state index contributed by atoms with van der Waals surface area (Å²) in [6, 6.07) is 7.61. The molecule has 0 radical (unpaired) electrons. The number of carbonyl (C=O) groups excluding carboxylic acids is 1. The zero-order valence-corrected chi connectivity index (χ0v) is 13.1. The summed E-state index contributed by atoms with van der Waals surface area (Å²) in [7, 11) is 1.70. The molecule has 2 amide bonds. The largest absolute Gasteiger partial charge is 0.481 e. The topological polar surface area (TPSA) is 69.6 Å². The van der Waals surface area contributed by atoms with Gasteiger partial charge in [0.15, 0.2) is 0 Å². The van der Waals surface area contributed by atoms with Gasteiger partial charge in [-0.15, -0.1) is 0 Å². The SMILES string of the molecule is CCC(C)(CNC(=O)N(C)Cc1ccccc1C)C(=O)O. The zero-order chi connectivity index (χ0) is 16.0. The van der Waals surface area contributed by atoms with Crippen LogP contribution in [0.4, 0.5) is 4.79 Å². The first-order chi connectivity index (χ1) is 9.80. The van der Waals surface area contributed by atoms with Gasteiger partial charge in [-0.3, -0.25) is 4.79 Å². The van der Waals surface area contributed by atoms with Crippen LogP contribution in [0.3, 0.4) is 0 Å². The van der Waals surface area contributed by atoms with Crippen LogP contribution in [-0.2, 0) is 11.3 Å². The molecular weight excluding hydrogens is 268 g/mol.